The number of ether oxygens (including phenoxy) is 1. The molecule has 28 heavy (non-hydrogen) atoms. The maximum absolute atomic E-state index is 12.5. The van der Waals surface area contributed by atoms with Crippen molar-refractivity contribution in [2.45, 2.75) is 19.4 Å². The molecule has 8 nitrogen and oxygen atoms in total. The van der Waals surface area contributed by atoms with Crippen molar-refractivity contribution in [1.82, 2.24) is 15.0 Å². The van der Waals surface area contributed by atoms with Crippen LogP contribution in [0.1, 0.15) is 28.2 Å². The van der Waals surface area contributed by atoms with Gasteiger partial charge in [0.25, 0.3) is 11.5 Å². The van der Waals surface area contributed by atoms with E-state index in [4.69, 9.17) is 4.74 Å². The summed E-state index contributed by atoms with van der Waals surface area (Å²) >= 11 is 0. The molecule has 1 amide bonds. The summed E-state index contributed by atoms with van der Waals surface area (Å²) in [7, 11) is 1.45. The zero-order chi connectivity index (χ0) is 19.7. The summed E-state index contributed by atoms with van der Waals surface area (Å²) in [6, 6.07) is 9.73. The zero-order valence-electron chi connectivity index (χ0n) is 15.2. The minimum atomic E-state index is -0.442. The molecule has 0 radical (unpaired) electrons. The Morgan fingerprint density at radius 1 is 1.36 bits per heavy atom. The van der Waals surface area contributed by atoms with Gasteiger partial charge in [0.05, 0.1) is 24.2 Å². The van der Waals surface area contributed by atoms with Gasteiger partial charge in [-0.1, -0.05) is 6.07 Å². The van der Waals surface area contributed by atoms with Crippen LogP contribution in [0.15, 0.2) is 46.3 Å². The lowest BCUT2D eigenvalue weighted by Crippen LogP contribution is -2.22. The molecule has 1 aliphatic heterocycles. The van der Waals surface area contributed by atoms with Crippen LogP contribution in [0.25, 0.3) is 10.9 Å². The Labute approximate surface area is 160 Å². The van der Waals surface area contributed by atoms with E-state index < -0.39 is 5.91 Å². The minimum absolute atomic E-state index is 0.0627. The molecule has 0 atom stereocenters. The number of nitrogens with one attached hydrogen (secondary N) is 1. The lowest BCUT2D eigenvalue weighted by molar-refractivity contribution is 0.0955. The normalized spacial score (nSPS) is 13.0. The number of hydrogen-bond donors (Lipinski definition) is 2. The van der Waals surface area contributed by atoms with Gasteiger partial charge in [0.2, 0.25) is 0 Å². The van der Waals surface area contributed by atoms with Crippen LogP contribution in [0.3, 0.4) is 0 Å². The molecule has 0 spiro atoms. The summed E-state index contributed by atoms with van der Waals surface area (Å²) in [5, 5.41) is 14.4. The number of fused-ring (bicyclic) bond motifs is 2. The number of carbonyl (C=O) groups excluding carboxylic acids is 1. The quantitative estimate of drug-likeness (QED) is 0.532. The number of phenols is 1. The Morgan fingerprint density at radius 3 is 3.04 bits per heavy atom. The number of para-hydroxylation sites is 1. The molecule has 1 aliphatic rings. The first-order chi connectivity index (χ1) is 13.6. The molecular formula is C20H18N4O4. The van der Waals surface area contributed by atoms with E-state index in [2.05, 4.69) is 15.5 Å². The first-order valence-corrected chi connectivity index (χ1v) is 8.81. The monoisotopic (exact) mass is 378 g/mol. The van der Waals surface area contributed by atoms with Gasteiger partial charge in [-0.15, -0.1) is 0 Å². The number of methoxy groups -OCH3 is 1. The number of nitrogens with zero attached hydrogens (tertiary/aromatic N) is 3. The molecule has 2 aromatic carbocycles. The number of rotatable bonds is 4. The number of hydrazone groups is 1. The fourth-order valence-electron chi connectivity index (χ4n) is 3.26. The van der Waals surface area contributed by atoms with Crippen molar-refractivity contribution in [3.05, 3.63) is 63.7 Å². The van der Waals surface area contributed by atoms with Crippen molar-refractivity contribution >= 4 is 23.0 Å². The van der Waals surface area contributed by atoms with Crippen molar-refractivity contribution in [3.63, 3.8) is 0 Å². The van der Waals surface area contributed by atoms with Gasteiger partial charge < -0.3 is 9.84 Å². The summed E-state index contributed by atoms with van der Waals surface area (Å²) in [4.78, 5) is 29.4. The lowest BCUT2D eigenvalue weighted by atomic mass is 10.1. The third-order valence-electron chi connectivity index (χ3n) is 4.70. The number of aryl methyl sites for hydroxylation is 1. The Balaban J connectivity index is 1.56. The van der Waals surface area contributed by atoms with Gasteiger partial charge in [0, 0.05) is 24.1 Å². The number of carbonyl (C=O) groups is 1. The molecule has 1 aromatic heterocycles. The van der Waals surface area contributed by atoms with Crippen molar-refractivity contribution < 1.29 is 14.6 Å². The second-order valence-corrected chi connectivity index (χ2v) is 6.42. The van der Waals surface area contributed by atoms with Gasteiger partial charge in [-0.2, -0.15) is 5.10 Å². The van der Waals surface area contributed by atoms with Gasteiger partial charge in [0.1, 0.15) is 5.82 Å². The number of amides is 1. The maximum Gasteiger partial charge on any atom is 0.271 e. The summed E-state index contributed by atoms with van der Waals surface area (Å²) in [5.41, 5.74) is 3.59. The van der Waals surface area contributed by atoms with Gasteiger partial charge in [-0.05, 0) is 36.8 Å². The van der Waals surface area contributed by atoms with Crippen LogP contribution in [0, 0.1) is 0 Å². The lowest BCUT2D eigenvalue weighted by Gasteiger charge is -2.07. The number of aromatic nitrogens is 2. The van der Waals surface area contributed by atoms with Gasteiger partial charge >= 0.3 is 0 Å². The third kappa shape index (κ3) is 3.09. The van der Waals surface area contributed by atoms with E-state index in [0.717, 1.165) is 18.7 Å². The first-order valence-electron chi connectivity index (χ1n) is 8.81. The summed E-state index contributed by atoms with van der Waals surface area (Å²) in [6.45, 7) is 0.686. The largest absolute Gasteiger partial charge is 0.504 e. The molecule has 0 bridgehead atoms. The van der Waals surface area contributed by atoms with E-state index in [9.17, 15) is 14.7 Å². The molecular weight excluding hydrogens is 360 g/mol. The van der Waals surface area contributed by atoms with E-state index >= 15 is 0 Å². The van der Waals surface area contributed by atoms with Crippen LogP contribution in [-0.2, 0) is 13.0 Å². The van der Waals surface area contributed by atoms with Crippen LogP contribution in [-0.4, -0.2) is 33.9 Å². The highest BCUT2D eigenvalue weighted by molar-refractivity contribution is 5.98. The van der Waals surface area contributed by atoms with Gasteiger partial charge in [-0.25, -0.2) is 10.4 Å². The van der Waals surface area contributed by atoms with Crippen LogP contribution in [0.4, 0.5) is 0 Å². The van der Waals surface area contributed by atoms with Crippen molar-refractivity contribution in [2.24, 2.45) is 5.10 Å². The number of phenolic OH excluding ortho intramolecular Hbond substituents is 1. The standard InChI is InChI=1S/C20H18N4O4/c1-28-16-5-2-4-13(18(16)25)11-21-23-19(26)12-7-8-14-15(10-12)22-17-6-3-9-24(17)20(14)27/h2,4-5,7-8,10-11,25H,3,6,9H2,1H3,(H,23,26)/b21-11+. The van der Waals surface area contributed by atoms with Crippen molar-refractivity contribution in [3.8, 4) is 11.5 Å². The molecule has 4 rings (SSSR count). The van der Waals surface area contributed by atoms with Gasteiger partial charge in [0.15, 0.2) is 11.5 Å². The average Bonchev–Trinajstić information content (AvgIpc) is 3.17. The molecule has 142 valence electrons. The highest BCUT2D eigenvalue weighted by Crippen LogP contribution is 2.27. The van der Waals surface area contributed by atoms with E-state index in [1.807, 2.05) is 0 Å². The molecule has 8 heteroatoms. The van der Waals surface area contributed by atoms with Crippen LogP contribution in [0.5, 0.6) is 11.5 Å². The van der Waals surface area contributed by atoms with Gasteiger partial charge in [-0.3, -0.25) is 14.2 Å². The number of benzene rings is 2. The number of aromatic hydroxyl groups is 1. The predicted molar refractivity (Wildman–Crippen MR) is 104 cm³/mol. The summed E-state index contributed by atoms with van der Waals surface area (Å²) in [6.07, 6.45) is 2.99. The molecule has 2 heterocycles. The third-order valence-corrected chi connectivity index (χ3v) is 4.70. The van der Waals surface area contributed by atoms with E-state index in [0.29, 0.717) is 34.3 Å². The van der Waals surface area contributed by atoms with Crippen LogP contribution < -0.4 is 15.7 Å². The summed E-state index contributed by atoms with van der Waals surface area (Å²) < 4.78 is 6.72. The number of hydrogen-bond acceptors (Lipinski definition) is 6. The maximum atomic E-state index is 12.5. The van der Waals surface area contributed by atoms with Crippen molar-refractivity contribution in [1.29, 1.82) is 0 Å². The average molecular weight is 378 g/mol. The minimum Gasteiger partial charge on any atom is -0.504 e. The Kier molecular flexibility index (Phi) is 4.52. The van der Waals surface area contributed by atoms with E-state index in [-0.39, 0.29) is 11.3 Å². The van der Waals surface area contributed by atoms with Crippen LogP contribution in [0.2, 0.25) is 0 Å². The Hall–Kier alpha value is -3.68. The molecule has 0 saturated carbocycles. The second-order valence-electron chi connectivity index (χ2n) is 6.42. The highest BCUT2D eigenvalue weighted by Gasteiger charge is 2.17. The smallest absolute Gasteiger partial charge is 0.271 e. The fraction of sp³-hybridized carbons (Fsp3) is 0.200. The first kappa shape index (κ1) is 17.7. The fourth-order valence-corrected chi connectivity index (χ4v) is 3.26. The molecule has 0 aliphatic carbocycles. The van der Waals surface area contributed by atoms with Crippen LogP contribution >= 0.6 is 0 Å². The molecule has 0 unspecified atom stereocenters. The highest BCUT2D eigenvalue weighted by atomic mass is 16.5. The van der Waals surface area contributed by atoms with Crippen molar-refractivity contribution in [2.75, 3.05) is 7.11 Å². The van der Waals surface area contributed by atoms with E-state index in [1.165, 1.54) is 13.3 Å². The SMILES string of the molecule is COc1cccc(/C=N/NC(=O)c2ccc3c(=O)n4c(nc3c2)CCC4)c1O. The Bertz CT molecular complexity index is 1170. The summed E-state index contributed by atoms with van der Waals surface area (Å²) in [5.74, 6) is 0.562. The predicted octanol–water partition coefficient (Wildman–Crippen LogP) is 1.82. The topological polar surface area (TPSA) is 106 Å². The second kappa shape index (κ2) is 7.15. The molecule has 0 saturated heterocycles. The molecule has 0 fully saturated rings. The van der Waals surface area contributed by atoms with E-state index in [1.54, 1.807) is 41.0 Å². The Morgan fingerprint density at radius 2 is 2.21 bits per heavy atom. The molecule has 2 N–H and O–H groups in total. The zero-order valence-corrected chi connectivity index (χ0v) is 15.2. The molecule has 3 aromatic rings.